The van der Waals surface area contributed by atoms with Crippen LogP contribution in [0, 0.1) is 6.92 Å². The van der Waals surface area contributed by atoms with Gasteiger partial charge in [-0.15, -0.1) is 0 Å². The fraction of sp³-hybridized carbons (Fsp3) is 0.667. The molecule has 17 heavy (non-hydrogen) atoms. The van der Waals surface area contributed by atoms with E-state index in [-0.39, 0.29) is 6.10 Å². The molecular weight excluding hydrogens is 238 g/mol. The Kier molecular flexibility index (Phi) is 3.84. The Morgan fingerprint density at radius 3 is 2.76 bits per heavy atom. The molecule has 0 saturated heterocycles. The molecule has 1 unspecified atom stereocenters. The van der Waals surface area contributed by atoms with Gasteiger partial charge in [-0.1, -0.05) is 11.6 Å². The number of nitrogens with one attached hydrogen (secondary N) is 1. The van der Waals surface area contributed by atoms with Crippen LogP contribution in [0.5, 0.6) is 0 Å². The highest BCUT2D eigenvalue weighted by molar-refractivity contribution is 6.30. The maximum atomic E-state index is 6.12. The summed E-state index contributed by atoms with van der Waals surface area (Å²) >= 11 is 6.12. The maximum Gasteiger partial charge on any atom is 0.137 e. The molecule has 0 bridgehead atoms. The fourth-order valence-corrected chi connectivity index (χ4v) is 1.70. The Hall–Kier alpha value is -0.870. The van der Waals surface area contributed by atoms with E-state index in [0.717, 1.165) is 23.8 Å². The molecule has 1 aromatic heterocycles. The van der Waals surface area contributed by atoms with Crippen LogP contribution in [0.3, 0.4) is 0 Å². The van der Waals surface area contributed by atoms with Crippen LogP contribution in [-0.4, -0.2) is 29.7 Å². The second-order valence-corrected chi connectivity index (χ2v) is 4.91. The second kappa shape index (κ2) is 5.19. The predicted octanol–water partition coefficient (Wildman–Crippen LogP) is 2.76. The third-order valence-corrected chi connectivity index (χ3v) is 3.37. The molecule has 2 rings (SSSR count). The van der Waals surface area contributed by atoms with Crippen molar-refractivity contribution in [3.05, 3.63) is 16.5 Å². The first-order valence-corrected chi connectivity index (χ1v) is 6.30. The van der Waals surface area contributed by atoms with E-state index in [0.29, 0.717) is 11.1 Å². The highest BCUT2D eigenvalue weighted by atomic mass is 35.5. The van der Waals surface area contributed by atoms with E-state index in [2.05, 4.69) is 15.3 Å². The van der Waals surface area contributed by atoms with Gasteiger partial charge in [0.15, 0.2) is 0 Å². The Balaban J connectivity index is 2.13. The molecule has 4 nitrogen and oxygen atoms in total. The molecule has 1 fully saturated rings. The number of hydrogen-bond donors (Lipinski definition) is 1. The van der Waals surface area contributed by atoms with Crippen LogP contribution in [0.2, 0.25) is 5.15 Å². The minimum atomic E-state index is 0.146. The second-order valence-electron chi connectivity index (χ2n) is 4.55. The number of aromatic nitrogens is 2. The Labute approximate surface area is 107 Å². The number of methoxy groups -OCH3 is 1. The first-order chi connectivity index (χ1) is 8.11. The van der Waals surface area contributed by atoms with E-state index in [1.165, 1.54) is 12.8 Å². The van der Waals surface area contributed by atoms with Gasteiger partial charge >= 0.3 is 0 Å². The fourth-order valence-electron chi connectivity index (χ4n) is 1.53. The zero-order chi connectivity index (χ0) is 12.4. The van der Waals surface area contributed by atoms with Crippen LogP contribution < -0.4 is 5.32 Å². The van der Waals surface area contributed by atoms with Crippen LogP contribution in [0.4, 0.5) is 5.82 Å². The molecular formula is C12H18ClN3O. The van der Waals surface area contributed by atoms with Gasteiger partial charge in [0.1, 0.15) is 16.8 Å². The van der Waals surface area contributed by atoms with Crippen molar-refractivity contribution in [3.8, 4) is 0 Å². The highest BCUT2D eigenvalue weighted by Crippen LogP contribution is 2.39. The summed E-state index contributed by atoms with van der Waals surface area (Å²) in [5.41, 5.74) is 0.902. The molecule has 0 aliphatic heterocycles. The molecule has 1 heterocycles. The zero-order valence-corrected chi connectivity index (χ0v) is 11.2. The van der Waals surface area contributed by atoms with Crippen molar-refractivity contribution in [1.29, 1.82) is 0 Å². The molecule has 5 heteroatoms. The average molecular weight is 256 g/mol. The monoisotopic (exact) mass is 255 g/mol. The van der Waals surface area contributed by atoms with Crippen LogP contribution in [0.1, 0.15) is 37.1 Å². The number of rotatable bonds is 5. The van der Waals surface area contributed by atoms with Gasteiger partial charge in [-0.3, -0.25) is 0 Å². The van der Waals surface area contributed by atoms with Crippen LogP contribution in [0.15, 0.2) is 0 Å². The first-order valence-electron chi connectivity index (χ1n) is 5.92. The minimum Gasteiger partial charge on any atom is -0.380 e. The van der Waals surface area contributed by atoms with E-state index in [9.17, 15) is 0 Å². The van der Waals surface area contributed by atoms with Gasteiger partial charge in [0.05, 0.1) is 6.10 Å². The summed E-state index contributed by atoms with van der Waals surface area (Å²) in [4.78, 5) is 8.86. The average Bonchev–Trinajstić information content (AvgIpc) is 3.14. The number of nitrogens with zero attached hydrogens (tertiary/aromatic N) is 2. The molecule has 0 aromatic carbocycles. The quantitative estimate of drug-likeness (QED) is 0.822. The van der Waals surface area contributed by atoms with E-state index < -0.39 is 0 Å². The molecule has 1 N–H and O–H groups in total. The highest BCUT2D eigenvalue weighted by Gasteiger charge is 2.28. The van der Waals surface area contributed by atoms with Gasteiger partial charge < -0.3 is 10.1 Å². The van der Waals surface area contributed by atoms with Crippen molar-refractivity contribution < 1.29 is 4.74 Å². The third-order valence-electron chi connectivity index (χ3n) is 3.01. The van der Waals surface area contributed by atoms with Gasteiger partial charge in [0.2, 0.25) is 0 Å². The molecule has 1 aromatic rings. The van der Waals surface area contributed by atoms with Gasteiger partial charge in [-0.25, -0.2) is 9.97 Å². The zero-order valence-electron chi connectivity index (χ0n) is 10.5. The van der Waals surface area contributed by atoms with Crippen molar-refractivity contribution in [3.63, 3.8) is 0 Å². The van der Waals surface area contributed by atoms with Crippen molar-refractivity contribution >= 4 is 17.4 Å². The molecule has 1 aliphatic rings. The first kappa shape index (κ1) is 12.6. The van der Waals surface area contributed by atoms with Gasteiger partial charge in [0, 0.05) is 25.1 Å². The van der Waals surface area contributed by atoms with Crippen LogP contribution in [0.25, 0.3) is 0 Å². The molecule has 0 radical (unpaired) electrons. The minimum absolute atomic E-state index is 0.146. The summed E-state index contributed by atoms with van der Waals surface area (Å²) in [6.07, 6.45) is 2.49. The number of anilines is 1. The van der Waals surface area contributed by atoms with Crippen molar-refractivity contribution in [2.75, 3.05) is 19.0 Å². The lowest BCUT2D eigenvalue weighted by Crippen LogP contribution is -2.19. The molecule has 0 spiro atoms. The number of ether oxygens (including phenoxy) is 1. The molecule has 1 atom stereocenters. The van der Waals surface area contributed by atoms with Crippen LogP contribution in [-0.2, 0) is 4.74 Å². The lowest BCUT2D eigenvalue weighted by Gasteiger charge is -2.14. The number of hydrogen-bond acceptors (Lipinski definition) is 4. The largest absolute Gasteiger partial charge is 0.380 e. The van der Waals surface area contributed by atoms with Crippen molar-refractivity contribution in [2.24, 2.45) is 0 Å². The van der Waals surface area contributed by atoms with Crippen LogP contribution >= 0.6 is 11.6 Å². The number of halogens is 1. The standard InChI is InChI=1S/C12H18ClN3O/c1-7(17-3)6-14-11-8(2)10(13)15-12(16-11)9-4-5-9/h7,9H,4-6H2,1-3H3,(H,14,15,16). The summed E-state index contributed by atoms with van der Waals surface area (Å²) in [5.74, 6) is 2.21. The Bertz CT molecular complexity index is 407. The van der Waals surface area contributed by atoms with Gasteiger partial charge in [-0.05, 0) is 26.7 Å². The molecule has 1 saturated carbocycles. The van der Waals surface area contributed by atoms with E-state index >= 15 is 0 Å². The summed E-state index contributed by atoms with van der Waals surface area (Å²) in [5, 5.41) is 3.82. The Morgan fingerprint density at radius 1 is 1.47 bits per heavy atom. The Morgan fingerprint density at radius 2 is 2.18 bits per heavy atom. The predicted molar refractivity (Wildman–Crippen MR) is 68.7 cm³/mol. The maximum absolute atomic E-state index is 6.12. The van der Waals surface area contributed by atoms with E-state index in [1.807, 2.05) is 13.8 Å². The SMILES string of the molecule is COC(C)CNc1nc(C2CC2)nc(Cl)c1C. The van der Waals surface area contributed by atoms with E-state index in [4.69, 9.17) is 16.3 Å². The molecule has 94 valence electrons. The lowest BCUT2D eigenvalue weighted by atomic mass is 10.3. The third kappa shape index (κ3) is 3.07. The molecule has 0 amide bonds. The lowest BCUT2D eigenvalue weighted by molar-refractivity contribution is 0.128. The summed E-state index contributed by atoms with van der Waals surface area (Å²) in [6, 6.07) is 0. The smallest absolute Gasteiger partial charge is 0.137 e. The van der Waals surface area contributed by atoms with Crippen molar-refractivity contribution in [2.45, 2.75) is 38.7 Å². The molecule has 1 aliphatic carbocycles. The van der Waals surface area contributed by atoms with Crippen molar-refractivity contribution in [1.82, 2.24) is 9.97 Å². The topological polar surface area (TPSA) is 47.0 Å². The van der Waals surface area contributed by atoms with Gasteiger partial charge in [-0.2, -0.15) is 0 Å². The summed E-state index contributed by atoms with van der Waals surface area (Å²) in [6.45, 7) is 4.65. The normalized spacial score (nSPS) is 16.9. The summed E-state index contributed by atoms with van der Waals surface area (Å²) < 4.78 is 5.19. The van der Waals surface area contributed by atoms with Gasteiger partial charge in [0.25, 0.3) is 0 Å². The van der Waals surface area contributed by atoms with E-state index in [1.54, 1.807) is 7.11 Å². The summed E-state index contributed by atoms with van der Waals surface area (Å²) in [7, 11) is 1.70.